The topological polar surface area (TPSA) is 46.9 Å². The van der Waals surface area contributed by atoms with Crippen molar-refractivity contribution in [1.29, 1.82) is 0 Å². The highest BCUT2D eigenvalue weighted by Gasteiger charge is 2.42. The summed E-state index contributed by atoms with van der Waals surface area (Å²) in [5.41, 5.74) is 2.73. The molecule has 0 aliphatic heterocycles. The summed E-state index contributed by atoms with van der Waals surface area (Å²) in [5, 5.41) is 7.40. The first-order valence-corrected chi connectivity index (χ1v) is 8.44. The fourth-order valence-corrected chi connectivity index (χ4v) is 3.50. The average Bonchev–Trinajstić information content (AvgIpc) is 3.17. The fourth-order valence-electron chi connectivity index (χ4n) is 3.50. The van der Waals surface area contributed by atoms with E-state index in [1.807, 2.05) is 10.9 Å². The molecule has 3 rings (SSSR count). The Bertz CT molecular complexity index is 696. The van der Waals surface area contributed by atoms with Crippen LogP contribution < -0.4 is 5.32 Å². The SMILES string of the molecule is Cc1cccc(C2(C(=O)Nc3cnn(C(C)C)c3)CCCC2)c1. The lowest BCUT2D eigenvalue weighted by Gasteiger charge is -2.28. The third-order valence-electron chi connectivity index (χ3n) is 4.85. The molecule has 23 heavy (non-hydrogen) atoms. The van der Waals surface area contributed by atoms with E-state index in [4.69, 9.17) is 0 Å². The normalized spacial score (nSPS) is 16.7. The first kappa shape index (κ1) is 15.8. The van der Waals surface area contributed by atoms with Gasteiger partial charge in [-0.25, -0.2) is 0 Å². The maximum atomic E-state index is 13.1. The second-order valence-electron chi connectivity index (χ2n) is 6.92. The molecule has 0 spiro atoms. The number of aryl methyl sites for hydroxylation is 1. The number of aromatic nitrogens is 2. The molecule has 4 nitrogen and oxygen atoms in total. The molecule has 0 saturated heterocycles. The monoisotopic (exact) mass is 311 g/mol. The number of hydrogen-bond acceptors (Lipinski definition) is 2. The predicted molar refractivity (Wildman–Crippen MR) is 92.6 cm³/mol. The lowest BCUT2D eigenvalue weighted by molar-refractivity contribution is -0.121. The standard InChI is InChI=1S/C19H25N3O/c1-14(2)22-13-17(12-20-22)21-18(23)19(9-4-5-10-19)16-8-6-7-15(3)11-16/h6-8,11-14H,4-5,9-10H2,1-3H3,(H,21,23). The van der Waals surface area contributed by atoms with Crippen LogP contribution in [0, 0.1) is 6.92 Å². The number of carbonyl (C=O) groups excluding carboxylic acids is 1. The maximum Gasteiger partial charge on any atom is 0.235 e. The lowest BCUT2D eigenvalue weighted by atomic mass is 9.77. The van der Waals surface area contributed by atoms with Crippen molar-refractivity contribution in [3.8, 4) is 0 Å². The summed E-state index contributed by atoms with van der Waals surface area (Å²) < 4.78 is 1.86. The van der Waals surface area contributed by atoms with Crippen LogP contribution in [0.3, 0.4) is 0 Å². The Morgan fingerprint density at radius 3 is 2.65 bits per heavy atom. The number of anilines is 1. The molecule has 4 heteroatoms. The van der Waals surface area contributed by atoms with Crippen LogP contribution in [0.4, 0.5) is 5.69 Å². The number of hydrogen-bond donors (Lipinski definition) is 1. The summed E-state index contributed by atoms with van der Waals surface area (Å²) in [4.78, 5) is 13.1. The Labute approximate surface area is 137 Å². The maximum absolute atomic E-state index is 13.1. The van der Waals surface area contributed by atoms with Crippen molar-refractivity contribution >= 4 is 11.6 Å². The molecule has 1 fully saturated rings. The molecule has 1 aliphatic rings. The van der Waals surface area contributed by atoms with Crippen molar-refractivity contribution in [1.82, 2.24) is 9.78 Å². The van der Waals surface area contributed by atoms with Gasteiger partial charge in [0.2, 0.25) is 5.91 Å². The third-order valence-corrected chi connectivity index (χ3v) is 4.85. The number of nitrogens with zero attached hydrogens (tertiary/aromatic N) is 2. The van der Waals surface area contributed by atoms with E-state index >= 15 is 0 Å². The number of nitrogens with one attached hydrogen (secondary N) is 1. The van der Waals surface area contributed by atoms with Crippen molar-refractivity contribution in [2.45, 2.75) is 57.9 Å². The highest BCUT2D eigenvalue weighted by Crippen LogP contribution is 2.42. The van der Waals surface area contributed by atoms with Crippen LogP contribution in [0.25, 0.3) is 0 Å². The number of rotatable bonds is 4. The largest absolute Gasteiger partial charge is 0.323 e. The molecule has 1 amide bonds. The molecule has 0 atom stereocenters. The second-order valence-corrected chi connectivity index (χ2v) is 6.92. The summed E-state index contributed by atoms with van der Waals surface area (Å²) >= 11 is 0. The van der Waals surface area contributed by atoms with Crippen molar-refractivity contribution in [3.05, 3.63) is 47.8 Å². The number of carbonyl (C=O) groups is 1. The van der Waals surface area contributed by atoms with Gasteiger partial charge in [-0.2, -0.15) is 5.10 Å². The van der Waals surface area contributed by atoms with Gasteiger partial charge in [0.05, 0.1) is 17.3 Å². The van der Waals surface area contributed by atoms with Crippen molar-refractivity contribution in [3.63, 3.8) is 0 Å². The Kier molecular flexibility index (Phi) is 4.24. The Balaban J connectivity index is 1.87. The predicted octanol–water partition coefficient (Wildman–Crippen LogP) is 4.22. The van der Waals surface area contributed by atoms with Gasteiger partial charge < -0.3 is 5.32 Å². The van der Waals surface area contributed by atoms with Crippen molar-refractivity contribution in [2.75, 3.05) is 5.32 Å². The lowest BCUT2D eigenvalue weighted by Crippen LogP contribution is -2.38. The number of benzene rings is 1. The Hall–Kier alpha value is -2.10. The van der Waals surface area contributed by atoms with E-state index in [9.17, 15) is 4.79 Å². The van der Waals surface area contributed by atoms with Gasteiger partial charge in [0, 0.05) is 12.2 Å². The minimum Gasteiger partial charge on any atom is -0.323 e. The smallest absolute Gasteiger partial charge is 0.235 e. The minimum atomic E-state index is -0.397. The van der Waals surface area contributed by atoms with E-state index in [1.54, 1.807) is 6.20 Å². The van der Waals surface area contributed by atoms with Crippen LogP contribution in [0.15, 0.2) is 36.7 Å². The van der Waals surface area contributed by atoms with E-state index in [0.29, 0.717) is 0 Å². The Morgan fingerprint density at radius 1 is 1.30 bits per heavy atom. The molecule has 1 aromatic heterocycles. The van der Waals surface area contributed by atoms with Crippen LogP contribution in [-0.2, 0) is 10.2 Å². The van der Waals surface area contributed by atoms with E-state index in [-0.39, 0.29) is 11.9 Å². The van der Waals surface area contributed by atoms with Gasteiger partial charge in [0.25, 0.3) is 0 Å². The zero-order valence-corrected chi connectivity index (χ0v) is 14.2. The molecule has 122 valence electrons. The van der Waals surface area contributed by atoms with Gasteiger partial charge in [-0.1, -0.05) is 42.7 Å². The molecule has 1 aromatic carbocycles. The van der Waals surface area contributed by atoms with Gasteiger partial charge in [-0.15, -0.1) is 0 Å². The van der Waals surface area contributed by atoms with Crippen molar-refractivity contribution < 1.29 is 4.79 Å². The quantitative estimate of drug-likeness (QED) is 0.919. The molecule has 1 N–H and O–H groups in total. The molecule has 0 radical (unpaired) electrons. The van der Waals surface area contributed by atoms with Gasteiger partial charge in [0.1, 0.15) is 0 Å². The molecule has 1 aliphatic carbocycles. The van der Waals surface area contributed by atoms with Crippen LogP contribution in [-0.4, -0.2) is 15.7 Å². The molecule has 0 bridgehead atoms. The summed E-state index contributed by atoms with van der Waals surface area (Å²) in [6, 6.07) is 8.67. The number of amides is 1. The third kappa shape index (κ3) is 3.03. The van der Waals surface area contributed by atoms with E-state index in [2.05, 4.69) is 55.5 Å². The summed E-state index contributed by atoms with van der Waals surface area (Å²) in [5.74, 6) is 0.101. The van der Waals surface area contributed by atoms with Gasteiger partial charge in [-0.3, -0.25) is 9.48 Å². The Morgan fingerprint density at radius 2 is 2.04 bits per heavy atom. The minimum absolute atomic E-state index is 0.101. The van der Waals surface area contributed by atoms with Crippen LogP contribution >= 0.6 is 0 Å². The molecule has 1 heterocycles. The second kappa shape index (κ2) is 6.19. The summed E-state index contributed by atoms with van der Waals surface area (Å²) in [6.07, 6.45) is 7.68. The van der Waals surface area contributed by atoms with E-state index < -0.39 is 5.41 Å². The zero-order chi connectivity index (χ0) is 16.4. The molecular formula is C19H25N3O. The first-order chi connectivity index (χ1) is 11.0. The van der Waals surface area contributed by atoms with Gasteiger partial charge in [-0.05, 0) is 39.2 Å². The fraction of sp³-hybridized carbons (Fsp3) is 0.474. The molecule has 1 saturated carbocycles. The van der Waals surface area contributed by atoms with Gasteiger partial charge in [0.15, 0.2) is 0 Å². The summed E-state index contributed by atoms with van der Waals surface area (Å²) in [7, 11) is 0. The zero-order valence-electron chi connectivity index (χ0n) is 14.2. The molecular weight excluding hydrogens is 286 g/mol. The highest BCUT2D eigenvalue weighted by molar-refractivity contribution is 5.99. The van der Waals surface area contributed by atoms with Crippen LogP contribution in [0.5, 0.6) is 0 Å². The van der Waals surface area contributed by atoms with Crippen molar-refractivity contribution in [2.24, 2.45) is 0 Å². The van der Waals surface area contributed by atoms with E-state index in [0.717, 1.165) is 36.9 Å². The first-order valence-electron chi connectivity index (χ1n) is 8.44. The molecule has 0 unspecified atom stereocenters. The van der Waals surface area contributed by atoms with Crippen LogP contribution in [0.2, 0.25) is 0 Å². The summed E-state index contributed by atoms with van der Waals surface area (Å²) in [6.45, 7) is 6.23. The van der Waals surface area contributed by atoms with Crippen LogP contribution in [0.1, 0.15) is 56.7 Å². The highest BCUT2D eigenvalue weighted by atomic mass is 16.2. The average molecular weight is 311 g/mol. The van der Waals surface area contributed by atoms with E-state index in [1.165, 1.54) is 5.56 Å². The van der Waals surface area contributed by atoms with Gasteiger partial charge >= 0.3 is 0 Å². The molecule has 2 aromatic rings.